The van der Waals surface area contributed by atoms with Gasteiger partial charge >= 0.3 is 5.69 Å². The van der Waals surface area contributed by atoms with Crippen LogP contribution in [-0.2, 0) is 0 Å². The van der Waals surface area contributed by atoms with Crippen molar-refractivity contribution >= 4 is 67.3 Å². The summed E-state index contributed by atoms with van der Waals surface area (Å²) in [6.07, 6.45) is 0. The lowest BCUT2D eigenvalue weighted by Crippen LogP contribution is -1.94. The average Bonchev–Trinajstić information content (AvgIpc) is 2.19. The van der Waals surface area contributed by atoms with Crippen molar-refractivity contribution in [2.24, 2.45) is 0 Å². The minimum absolute atomic E-state index is 0.0757. The highest BCUT2D eigenvalue weighted by Gasteiger charge is 2.23. The molecule has 0 aliphatic heterocycles. The van der Waals surface area contributed by atoms with Gasteiger partial charge in [-0.3, -0.25) is 10.1 Å². The van der Waals surface area contributed by atoms with Crippen LogP contribution in [0.4, 0.5) is 5.69 Å². The molecule has 2 rings (SSSR count). The van der Waals surface area contributed by atoms with Crippen LogP contribution in [-0.4, -0.2) is 9.91 Å². The van der Waals surface area contributed by atoms with Gasteiger partial charge in [-0.05, 0) is 28.1 Å². The van der Waals surface area contributed by atoms with Gasteiger partial charge in [0.1, 0.15) is 5.02 Å². The molecular weight excluding hydrogens is 354 g/mol. The molecule has 0 spiro atoms. The Kier molecular flexibility index (Phi) is 3.45. The quantitative estimate of drug-likeness (QED) is 0.416. The van der Waals surface area contributed by atoms with Crippen LogP contribution in [0.25, 0.3) is 10.9 Å². The Balaban J connectivity index is 2.97. The lowest BCUT2D eigenvalue weighted by atomic mass is 10.2. The van der Waals surface area contributed by atoms with E-state index < -0.39 is 10.6 Å². The summed E-state index contributed by atoms with van der Waals surface area (Å²) in [7, 11) is 0. The molecule has 1 aromatic heterocycles. The summed E-state index contributed by atoms with van der Waals surface area (Å²) in [4.78, 5) is 14.1. The first-order valence-electron chi connectivity index (χ1n) is 4.20. The van der Waals surface area contributed by atoms with Crippen LogP contribution in [0.2, 0.25) is 15.2 Å². The molecule has 17 heavy (non-hydrogen) atoms. The van der Waals surface area contributed by atoms with Crippen LogP contribution < -0.4 is 0 Å². The largest absolute Gasteiger partial charge is 0.325 e. The van der Waals surface area contributed by atoms with E-state index >= 15 is 0 Å². The van der Waals surface area contributed by atoms with Crippen LogP contribution in [0.1, 0.15) is 0 Å². The molecule has 0 fully saturated rings. The molecule has 1 aromatic carbocycles. The van der Waals surface area contributed by atoms with E-state index in [2.05, 4.69) is 20.9 Å². The van der Waals surface area contributed by atoms with E-state index in [1.54, 1.807) is 6.07 Å². The first-order chi connectivity index (χ1) is 7.91. The highest BCUT2D eigenvalue weighted by molar-refractivity contribution is 9.10. The third kappa shape index (κ3) is 2.20. The molecule has 0 aliphatic carbocycles. The Bertz CT molecular complexity index is 648. The van der Waals surface area contributed by atoms with Crippen molar-refractivity contribution in [2.45, 2.75) is 0 Å². The fourth-order valence-electron chi connectivity index (χ4n) is 1.37. The zero-order chi connectivity index (χ0) is 12.7. The normalized spacial score (nSPS) is 10.8. The van der Waals surface area contributed by atoms with Crippen LogP contribution >= 0.6 is 50.7 Å². The minimum Gasteiger partial charge on any atom is -0.258 e. The number of hydrogen-bond donors (Lipinski definition) is 0. The molecule has 1 heterocycles. The summed E-state index contributed by atoms with van der Waals surface area (Å²) in [5.41, 5.74) is 0.00463. The Morgan fingerprint density at radius 2 is 1.94 bits per heavy atom. The molecular formula is C9H2BrCl3N2O2. The van der Waals surface area contributed by atoms with E-state index in [0.29, 0.717) is 20.4 Å². The van der Waals surface area contributed by atoms with Crippen molar-refractivity contribution in [3.05, 3.63) is 41.9 Å². The Labute approximate surface area is 119 Å². The third-order valence-corrected chi connectivity index (χ3v) is 3.53. The van der Waals surface area contributed by atoms with Gasteiger partial charge in [0.15, 0.2) is 0 Å². The van der Waals surface area contributed by atoms with Crippen molar-refractivity contribution in [1.82, 2.24) is 4.98 Å². The molecule has 0 aliphatic rings. The SMILES string of the molecule is O=[N+]([O-])c1c(Cl)nc2c(Br)cc(Cl)cc2c1Cl. The predicted molar refractivity (Wildman–Crippen MR) is 71.1 cm³/mol. The van der Waals surface area contributed by atoms with Gasteiger partial charge in [-0.1, -0.05) is 34.8 Å². The van der Waals surface area contributed by atoms with Gasteiger partial charge in [-0.15, -0.1) is 0 Å². The van der Waals surface area contributed by atoms with Gasteiger partial charge in [0.05, 0.1) is 10.4 Å². The summed E-state index contributed by atoms with van der Waals surface area (Å²) >= 11 is 20.8. The first-order valence-corrected chi connectivity index (χ1v) is 6.12. The maximum absolute atomic E-state index is 10.8. The Hall–Kier alpha value is -0.620. The average molecular weight is 356 g/mol. The molecule has 0 radical (unpaired) electrons. The van der Waals surface area contributed by atoms with Crippen LogP contribution in [0, 0.1) is 10.1 Å². The second-order valence-electron chi connectivity index (χ2n) is 3.11. The maximum atomic E-state index is 10.8. The van der Waals surface area contributed by atoms with Crippen molar-refractivity contribution in [3.8, 4) is 0 Å². The fraction of sp³-hybridized carbons (Fsp3) is 0. The van der Waals surface area contributed by atoms with E-state index in [-0.39, 0.29) is 10.2 Å². The second kappa shape index (κ2) is 4.57. The van der Waals surface area contributed by atoms with E-state index in [0.717, 1.165) is 0 Å². The molecule has 2 aromatic rings. The summed E-state index contributed by atoms with van der Waals surface area (Å²) in [6.45, 7) is 0. The zero-order valence-corrected chi connectivity index (χ0v) is 11.7. The van der Waals surface area contributed by atoms with Crippen LogP contribution in [0.15, 0.2) is 16.6 Å². The number of hydrogen-bond acceptors (Lipinski definition) is 3. The van der Waals surface area contributed by atoms with Gasteiger partial charge < -0.3 is 0 Å². The third-order valence-electron chi connectivity index (χ3n) is 2.06. The molecule has 0 unspecified atom stereocenters. The molecule has 8 heteroatoms. The zero-order valence-electron chi connectivity index (χ0n) is 7.88. The topological polar surface area (TPSA) is 56.0 Å². The molecule has 4 nitrogen and oxygen atoms in total. The first kappa shape index (κ1) is 12.8. The number of aromatic nitrogens is 1. The van der Waals surface area contributed by atoms with Crippen molar-refractivity contribution in [2.75, 3.05) is 0 Å². The number of benzene rings is 1. The number of pyridine rings is 1. The lowest BCUT2D eigenvalue weighted by molar-refractivity contribution is -0.384. The molecule has 0 N–H and O–H groups in total. The highest BCUT2D eigenvalue weighted by atomic mass is 79.9. The van der Waals surface area contributed by atoms with Crippen molar-refractivity contribution < 1.29 is 4.92 Å². The number of halogens is 4. The maximum Gasteiger partial charge on any atom is 0.325 e. The van der Waals surface area contributed by atoms with Crippen LogP contribution in [0.3, 0.4) is 0 Å². The van der Waals surface area contributed by atoms with Crippen LogP contribution in [0.5, 0.6) is 0 Å². The van der Waals surface area contributed by atoms with E-state index in [1.807, 2.05) is 0 Å². The standard InChI is InChI=1S/C9H2BrCl3N2O2/c10-5-2-3(11)1-4-6(12)8(15(16)17)9(13)14-7(4)5/h1-2H. The predicted octanol–water partition coefficient (Wildman–Crippen LogP) is 4.87. The molecule has 0 saturated heterocycles. The van der Waals surface area contributed by atoms with Gasteiger partial charge in [0, 0.05) is 14.9 Å². The van der Waals surface area contributed by atoms with Gasteiger partial charge in [-0.2, -0.15) is 0 Å². The summed E-state index contributed by atoms with van der Waals surface area (Å²) in [5, 5.41) is 11.2. The number of rotatable bonds is 1. The lowest BCUT2D eigenvalue weighted by Gasteiger charge is -2.05. The number of nitrogens with zero attached hydrogens (tertiary/aromatic N) is 2. The van der Waals surface area contributed by atoms with E-state index in [9.17, 15) is 10.1 Å². The van der Waals surface area contributed by atoms with Gasteiger partial charge in [0.2, 0.25) is 5.15 Å². The van der Waals surface area contributed by atoms with Crippen molar-refractivity contribution in [3.63, 3.8) is 0 Å². The Morgan fingerprint density at radius 1 is 1.29 bits per heavy atom. The molecule has 0 amide bonds. The molecule has 88 valence electrons. The molecule has 0 saturated carbocycles. The monoisotopic (exact) mass is 354 g/mol. The van der Waals surface area contributed by atoms with Gasteiger partial charge in [0.25, 0.3) is 0 Å². The second-order valence-corrected chi connectivity index (χ2v) is 5.13. The van der Waals surface area contributed by atoms with E-state index in [1.165, 1.54) is 6.07 Å². The van der Waals surface area contributed by atoms with Gasteiger partial charge in [-0.25, -0.2) is 4.98 Å². The van der Waals surface area contributed by atoms with E-state index in [4.69, 9.17) is 34.8 Å². The Morgan fingerprint density at radius 3 is 2.53 bits per heavy atom. The number of nitro groups is 1. The fourth-order valence-corrected chi connectivity index (χ4v) is 2.87. The molecule has 0 atom stereocenters. The number of fused-ring (bicyclic) bond motifs is 1. The summed E-state index contributed by atoms with van der Waals surface area (Å²) in [5.74, 6) is 0. The molecule has 0 bridgehead atoms. The highest BCUT2D eigenvalue weighted by Crippen LogP contribution is 2.40. The van der Waals surface area contributed by atoms with Crippen molar-refractivity contribution in [1.29, 1.82) is 0 Å². The summed E-state index contributed by atoms with van der Waals surface area (Å²) in [6, 6.07) is 3.11. The smallest absolute Gasteiger partial charge is 0.258 e. The summed E-state index contributed by atoms with van der Waals surface area (Å²) < 4.78 is 0.568. The minimum atomic E-state index is -0.675.